The monoisotopic (exact) mass is 339 g/mol. The SMILES string of the molecule is CC(=O)/C(Cl)=C(/C)Nc1nc(N)n(Cc2ccc(Cl)cc2)n1. The van der Waals surface area contributed by atoms with Gasteiger partial charge in [0.1, 0.15) is 5.03 Å². The Morgan fingerprint density at radius 3 is 2.55 bits per heavy atom. The first-order valence-corrected chi connectivity index (χ1v) is 7.21. The highest BCUT2D eigenvalue weighted by Crippen LogP contribution is 2.16. The number of aromatic nitrogens is 3. The van der Waals surface area contributed by atoms with E-state index in [-0.39, 0.29) is 22.7 Å². The van der Waals surface area contributed by atoms with Gasteiger partial charge in [0, 0.05) is 17.6 Å². The second-order valence-corrected chi connectivity index (χ2v) is 5.51. The van der Waals surface area contributed by atoms with E-state index in [1.165, 1.54) is 6.92 Å². The number of hydrogen-bond acceptors (Lipinski definition) is 5. The van der Waals surface area contributed by atoms with Crippen molar-refractivity contribution in [2.45, 2.75) is 20.4 Å². The molecule has 0 aliphatic carbocycles. The number of halogens is 2. The lowest BCUT2D eigenvalue weighted by Gasteiger charge is -2.04. The molecule has 0 saturated heterocycles. The molecule has 6 nitrogen and oxygen atoms in total. The molecule has 0 atom stereocenters. The molecule has 0 unspecified atom stereocenters. The zero-order valence-electron chi connectivity index (χ0n) is 12.1. The number of benzene rings is 1. The maximum atomic E-state index is 11.2. The predicted molar refractivity (Wildman–Crippen MR) is 87.8 cm³/mol. The molecule has 2 aromatic rings. The number of carbonyl (C=O) groups is 1. The summed E-state index contributed by atoms with van der Waals surface area (Å²) in [4.78, 5) is 15.3. The number of nitrogens with one attached hydrogen (secondary N) is 1. The smallest absolute Gasteiger partial charge is 0.248 e. The first kappa shape index (κ1) is 16.3. The van der Waals surface area contributed by atoms with Gasteiger partial charge in [-0.2, -0.15) is 4.98 Å². The van der Waals surface area contributed by atoms with Crippen LogP contribution in [0.5, 0.6) is 0 Å². The van der Waals surface area contributed by atoms with E-state index < -0.39 is 0 Å². The zero-order chi connectivity index (χ0) is 16.3. The fourth-order valence-electron chi connectivity index (χ4n) is 1.77. The molecule has 2 rings (SSSR count). The number of anilines is 2. The quantitative estimate of drug-likeness (QED) is 0.817. The van der Waals surface area contributed by atoms with Crippen molar-refractivity contribution in [1.82, 2.24) is 14.8 Å². The van der Waals surface area contributed by atoms with Crippen LogP contribution in [-0.4, -0.2) is 20.5 Å². The molecule has 8 heteroatoms. The Morgan fingerprint density at radius 2 is 1.95 bits per heavy atom. The summed E-state index contributed by atoms with van der Waals surface area (Å²) in [5.41, 5.74) is 7.30. The maximum Gasteiger partial charge on any atom is 0.248 e. The van der Waals surface area contributed by atoms with Gasteiger partial charge in [-0.3, -0.25) is 4.79 Å². The molecular formula is C14H15Cl2N5O. The van der Waals surface area contributed by atoms with Crippen LogP contribution in [0, 0.1) is 0 Å². The molecule has 0 bridgehead atoms. The number of Topliss-reactive ketones (excluding diaryl/α,β-unsaturated/α-hetero) is 1. The average molecular weight is 340 g/mol. The van der Waals surface area contributed by atoms with Gasteiger partial charge in [-0.1, -0.05) is 35.3 Å². The summed E-state index contributed by atoms with van der Waals surface area (Å²) in [6.07, 6.45) is 0. The Morgan fingerprint density at radius 1 is 1.32 bits per heavy atom. The number of nitrogens with two attached hydrogens (primary N) is 1. The maximum absolute atomic E-state index is 11.2. The van der Waals surface area contributed by atoms with Crippen LogP contribution in [0.25, 0.3) is 0 Å². The van der Waals surface area contributed by atoms with E-state index in [0.29, 0.717) is 17.3 Å². The lowest BCUT2D eigenvalue weighted by Crippen LogP contribution is -2.07. The minimum absolute atomic E-state index is 0.104. The van der Waals surface area contributed by atoms with Crippen LogP contribution >= 0.6 is 23.2 Å². The molecule has 0 fully saturated rings. The third-order valence-electron chi connectivity index (χ3n) is 2.88. The number of nitrogens with zero attached hydrogens (tertiary/aromatic N) is 3. The van der Waals surface area contributed by atoms with Crippen molar-refractivity contribution in [3.8, 4) is 0 Å². The van der Waals surface area contributed by atoms with Gasteiger partial charge in [-0.15, -0.1) is 5.10 Å². The summed E-state index contributed by atoms with van der Waals surface area (Å²) < 4.78 is 1.54. The van der Waals surface area contributed by atoms with Crippen LogP contribution in [0.2, 0.25) is 5.02 Å². The van der Waals surface area contributed by atoms with E-state index >= 15 is 0 Å². The minimum atomic E-state index is -0.236. The largest absolute Gasteiger partial charge is 0.368 e. The highest BCUT2D eigenvalue weighted by Gasteiger charge is 2.10. The summed E-state index contributed by atoms with van der Waals surface area (Å²) in [6.45, 7) is 3.51. The number of rotatable bonds is 5. The van der Waals surface area contributed by atoms with Gasteiger partial charge < -0.3 is 11.1 Å². The van der Waals surface area contributed by atoms with Crippen molar-refractivity contribution >= 4 is 40.9 Å². The molecule has 1 aromatic carbocycles. The van der Waals surface area contributed by atoms with Crippen LogP contribution in [0.15, 0.2) is 35.0 Å². The molecule has 116 valence electrons. The van der Waals surface area contributed by atoms with Crippen LogP contribution in [0.1, 0.15) is 19.4 Å². The predicted octanol–water partition coefficient (Wildman–Crippen LogP) is 3.03. The van der Waals surface area contributed by atoms with Crippen molar-refractivity contribution in [2.24, 2.45) is 0 Å². The van der Waals surface area contributed by atoms with E-state index in [4.69, 9.17) is 28.9 Å². The molecule has 0 saturated carbocycles. The second kappa shape index (κ2) is 6.81. The number of hydrogen-bond donors (Lipinski definition) is 2. The van der Waals surface area contributed by atoms with Crippen molar-refractivity contribution in [3.63, 3.8) is 0 Å². The minimum Gasteiger partial charge on any atom is -0.368 e. The molecular weight excluding hydrogens is 325 g/mol. The van der Waals surface area contributed by atoms with Gasteiger partial charge >= 0.3 is 0 Å². The summed E-state index contributed by atoms with van der Waals surface area (Å²) in [6, 6.07) is 7.36. The fraction of sp³-hybridized carbons (Fsp3) is 0.214. The van der Waals surface area contributed by atoms with Gasteiger partial charge in [-0.05, 0) is 24.6 Å². The number of ketones is 1. The first-order chi connectivity index (χ1) is 10.4. The standard InChI is InChI=1S/C14H15Cl2N5O/c1-8(12(16)9(2)22)18-14-19-13(17)21(20-14)7-10-3-5-11(15)6-4-10/h3-6H,7H2,1-2H3,(H3,17,18,19,20)/b12-8+. The lowest BCUT2D eigenvalue weighted by molar-refractivity contribution is -0.113. The summed E-state index contributed by atoms with van der Waals surface area (Å²) in [5.74, 6) is 0.299. The zero-order valence-corrected chi connectivity index (χ0v) is 13.6. The molecule has 0 aliphatic heterocycles. The van der Waals surface area contributed by atoms with E-state index in [9.17, 15) is 4.79 Å². The Balaban J connectivity index is 2.16. The summed E-state index contributed by atoms with van der Waals surface area (Å²) in [7, 11) is 0. The van der Waals surface area contributed by atoms with Crippen molar-refractivity contribution in [3.05, 3.63) is 45.6 Å². The lowest BCUT2D eigenvalue weighted by atomic mass is 10.2. The molecule has 0 aliphatic rings. The van der Waals surface area contributed by atoms with E-state index in [1.807, 2.05) is 12.1 Å². The topological polar surface area (TPSA) is 85.8 Å². The summed E-state index contributed by atoms with van der Waals surface area (Å²) in [5, 5.41) is 7.87. The third-order valence-corrected chi connectivity index (χ3v) is 3.69. The van der Waals surface area contributed by atoms with Crippen LogP contribution in [0.4, 0.5) is 11.9 Å². The number of carbonyl (C=O) groups excluding carboxylic acids is 1. The van der Waals surface area contributed by atoms with E-state index in [0.717, 1.165) is 5.56 Å². The molecule has 0 radical (unpaired) electrons. The Kier molecular flexibility index (Phi) is 5.05. The average Bonchev–Trinajstić information content (AvgIpc) is 2.80. The first-order valence-electron chi connectivity index (χ1n) is 6.46. The van der Waals surface area contributed by atoms with Gasteiger partial charge in [0.05, 0.1) is 6.54 Å². The number of nitrogen functional groups attached to an aromatic ring is 1. The molecule has 3 N–H and O–H groups in total. The van der Waals surface area contributed by atoms with Gasteiger partial charge in [0.25, 0.3) is 0 Å². The third kappa shape index (κ3) is 3.99. The molecule has 0 amide bonds. The highest BCUT2D eigenvalue weighted by molar-refractivity contribution is 6.42. The second-order valence-electron chi connectivity index (χ2n) is 4.70. The van der Waals surface area contributed by atoms with Gasteiger partial charge in [-0.25, -0.2) is 4.68 Å². The highest BCUT2D eigenvalue weighted by atomic mass is 35.5. The van der Waals surface area contributed by atoms with Crippen LogP contribution < -0.4 is 11.1 Å². The number of allylic oxidation sites excluding steroid dienone is 2. The molecule has 1 aromatic heterocycles. The Bertz CT molecular complexity index is 721. The van der Waals surface area contributed by atoms with Crippen LogP contribution in [-0.2, 0) is 11.3 Å². The van der Waals surface area contributed by atoms with Crippen molar-refractivity contribution in [2.75, 3.05) is 11.1 Å². The fourth-order valence-corrected chi connectivity index (χ4v) is 1.95. The summed E-state index contributed by atoms with van der Waals surface area (Å²) >= 11 is 11.7. The van der Waals surface area contributed by atoms with Gasteiger partial charge in [0.2, 0.25) is 11.9 Å². The Labute approximate surface area is 137 Å². The van der Waals surface area contributed by atoms with Crippen LogP contribution in [0.3, 0.4) is 0 Å². The molecule has 0 spiro atoms. The normalized spacial score (nSPS) is 12.0. The molecule has 1 heterocycles. The van der Waals surface area contributed by atoms with Gasteiger partial charge in [0.15, 0.2) is 5.78 Å². The Hall–Kier alpha value is -2.05. The van der Waals surface area contributed by atoms with E-state index in [1.54, 1.807) is 23.7 Å². The molecule has 22 heavy (non-hydrogen) atoms. The van der Waals surface area contributed by atoms with Crippen molar-refractivity contribution < 1.29 is 4.79 Å². The van der Waals surface area contributed by atoms with E-state index in [2.05, 4.69) is 15.4 Å². The van der Waals surface area contributed by atoms with Crippen molar-refractivity contribution in [1.29, 1.82) is 0 Å².